The van der Waals surface area contributed by atoms with Crippen LogP contribution in [0.5, 0.6) is 5.75 Å². The minimum Gasteiger partial charge on any atom is -0.494 e. The number of unbranched alkanes of at least 4 members (excludes halogenated alkanes) is 2. The predicted octanol–water partition coefficient (Wildman–Crippen LogP) is 2.89. The number of nitrogen functional groups attached to an aromatic ring is 1. The van der Waals surface area contributed by atoms with Crippen LogP contribution < -0.4 is 14.8 Å². The van der Waals surface area contributed by atoms with Crippen LogP contribution in [0.4, 0.5) is 11.5 Å². The Morgan fingerprint density at radius 2 is 1.91 bits per heavy atom. The lowest BCUT2D eigenvalue weighted by Gasteiger charge is -2.20. The van der Waals surface area contributed by atoms with E-state index >= 15 is 0 Å². The van der Waals surface area contributed by atoms with Gasteiger partial charge in [-0.15, -0.1) is 10.2 Å². The van der Waals surface area contributed by atoms with Crippen molar-refractivity contribution in [2.75, 3.05) is 36.3 Å². The van der Waals surface area contributed by atoms with Gasteiger partial charge in [0, 0.05) is 43.9 Å². The van der Waals surface area contributed by atoms with Crippen molar-refractivity contribution in [2.45, 2.75) is 32.6 Å². The minimum atomic E-state index is -3.53. The molecule has 0 spiro atoms. The molecule has 0 radical (unpaired) electrons. The summed E-state index contributed by atoms with van der Waals surface area (Å²) in [6.45, 7) is 3.89. The number of hydrogen-bond acceptors (Lipinski definition) is 8. The molecule has 2 aromatic heterocycles. The molecule has 1 aliphatic heterocycles. The number of aromatic nitrogens is 3. The third kappa shape index (κ3) is 5.42. The van der Waals surface area contributed by atoms with E-state index in [1.165, 1.54) is 14.8 Å². The van der Waals surface area contributed by atoms with E-state index in [1.54, 1.807) is 12.1 Å². The molecule has 0 saturated carbocycles. The van der Waals surface area contributed by atoms with Gasteiger partial charge in [0.25, 0.3) is 0 Å². The van der Waals surface area contributed by atoms with Crippen molar-refractivity contribution in [1.29, 1.82) is 0 Å². The SMILES string of the molecule is CCc1nnc(-c2ccc(OCCCCCN3CCN(c4ccnc(N)c4)S3(=O)=O)cc2)o1. The van der Waals surface area contributed by atoms with E-state index < -0.39 is 10.2 Å². The van der Waals surface area contributed by atoms with Crippen molar-refractivity contribution < 1.29 is 17.6 Å². The maximum atomic E-state index is 12.8. The molecule has 0 unspecified atom stereocenters. The average Bonchev–Trinajstić information content (AvgIpc) is 3.40. The van der Waals surface area contributed by atoms with Gasteiger partial charge in [-0.3, -0.25) is 4.31 Å². The van der Waals surface area contributed by atoms with Crippen LogP contribution in [-0.4, -0.2) is 54.1 Å². The Kier molecular flexibility index (Phi) is 7.09. The van der Waals surface area contributed by atoms with Crippen LogP contribution in [0.3, 0.4) is 0 Å². The van der Waals surface area contributed by atoms with Gasteiger partial charge in [-0.2, -0.15) is 12.7 Å². The highest BCUT2D eigenvalue weighted by molar-refractivity contribution is 7.90. The maximum absolute atomic E-state index is 12.8. The van der Waals surface area contributed by atoms with Crippen molar-refractivity contribution in [3.8, 4) is 17.2 Å². The molecule has 0 bridgehead atoms. The van der Waals surface area contributed by atoms with E-state index in [9.17, 15) is 8.42 Å². The monoisotopic (exact) mass is 472 g/mol. The van der Waals surface area contributed by atoms with Crippen LogP contribution in [0.1, 0.15) is 32.1 Å². The van der Waals surface area contributed by atoms with Gasteiger partial charge in [0.2, 0.25) is 11.8 Å². The van der Waals surface area contributed by atoms with Gasteiger partial charge in [-0.25, -0.2) is 4.98 Å². The van der Waals surface area contributed by atoms with E-state index in [4.69, 9.17) is 14.9 Å². The lowest BCUT2D eigenvalue weighted by Crippen LogP contribution is -2.33. The number of anilines is 2. The predicted molar refractivity (Wildman–Crippen MR) is 125 cm³/mol. The second-order valence-electron chi connectivity index (χ2n) is 7.71. The molecule has 0 aliphatic carbocycles. The number of hydrogen-bond donors (Lipinski definition) is 1. The first-order valence-corrected chi connectivity index (χ1v) is 12.4. The fourth-order valence-electron chi connectivity index (χ4n) is 3.62. The second kappa shape index (κ2) is 10.2. The average molecular weight is 473 g/mol. The number of pyridine rings is 1. The van der Waals surface area contributed by atoms with Gasteiger partial charge < -0.3 is 14.9 Å². The summed E-state index contributed by atoms with van der Waals surface area (Å²) in [5.41, 5.74) is 7.09. The standard InChI is InChI=1S/C22H28N6O4S/c1-2-21-25-26-22(32-21)17-6-8-19(9-7-17)31-15-5-3-4-12-27-13-14-28(33(27,29)30)18-10-11-24-20(23)16-18/h6-11,16H,2-5,12-15H2,1H3,(H2,23,24). The van der Waals surface area contributed by atoms with Crippen molar-refractivity contribution in [2.24, 2.45) is 0 Å². The number of aryl methyl sites for hydroxylation is 1. The summed E-state index contributed by atoms with van der Waals surface area (Å²) >= 11 is 0. The summed E-state index contributed by atoms with van der Waals surface area (Å²) in [6, 6.07) is 10.8. The highest BCUT2D eigenvalue weighted by Crippen LogP contribution is 2.26. The molecule has 10 nitrogen and oxygen atoms in total. The van der Waals surface area contributed by atoms with E-state index in [-0.39, 0.29) is 0 Å². The van der Waals surface area contributed by atoms with Crippen LogP contribution in [0.2, 0.25) is 0 Å². The Morgan fingerprint density at radius 1 is 1.09 bits per heavy atom. The third-order valence-corrected chi connectivity index (χ3v) is 7.37. The van der Waals surface area contributed by atoms with E-state index in [1.807, 2.05) is 31.2 Å². The molecule has 0 amide bonds. The van der Waals surface area contributed by atoms with Crippen molar-refractivity contribution in [3.05, 3.63) is 48.5 Å². The van der Waals surface area contributed by atoms with E-state index in [0.717, 1.165) is 30.6 Å². The van der Waals surface area contributed by atoms with Crippen LogP contribution >= 0.6 is 0 Å². The quantitative estimate of drug-likeness (QED) is 0.446. The van der Waals surface area contributed by atoms with E-state index in [2.05, 4.69) is 15.2 Å². The van der Waals surface area contributed by atoms with Gasteiger partial charge in [0.15, 0.2) is 0 Å². The Labute approximate surface area is 193 Å². The zero-order valence-corrected chi connectivity index (χ0v) is 19.4. The number of nitrogens with zero attached hydrogens (tertiary/aromatic N) is 5. The highest BCUT2D eigenvalue weighted by atomic mass is 32.2. The van der Waals surface area contributed by atoms with Crippen molar-refractivity contribution in [3.63, 3.8) is 0 Å². The molecule has 1 aromatic carbocycles. The molecule has 4 rings (SSSR count). The normalized spacial score (nSPS) is 15.7. The molecular formula is C22H28N6O4S. The lowest BCUT2D eigenvalue weighted by atomic mass is 10.2. The minimum absolute atomic E-state index is 0.302. The zero-order chi connectivity index (χ0) is 23.3. The second-order valence-corrected chi connectivity index (χ2v) is 9.56. The molecule has 2 N–H and O–H groups in total. The van der Waals surface area contributed by atoms with Gasteiger partial charge in [-0.05, 0) is 49.6 Å². The lowest BCUT2D eigenvalue weighted by molar-refractivity contribution is 0.302. The smallest absolute Gasteiger partial charge is 0.304 e. The first-order valence-electron chi connectivity index (χ1n) is 11.0. The molecule has 3 heterocycles. The van der Waals surface area contributed by atoms with Crippen molar-refractivity contribution in [1.82, 2.24) is 19.5 Å². The number of nitrogens with two attached hydrogens (primary N) is 1. The Hall–Kier alpha value is -3.18. The molecule has 1 fully saturated rings. The maximum Gasteiger partial charge on any atom is 0.304 e. The molecule has 1 aliphatic rings. The number of ether oxygens (including phenoxy) is 1. The van der Waals surface area contributed by atoms with E-state index in [0.29, 0.717) is 55.9 Å². The molecule has 0 atom stereocenters. The summed E-state index contributed by atoms with van der Waals surface area (Å²) in [5, 5.41) is 8.01. The Balaban J connectivity index is 1.18. The molecule has 1 saturated heterocycles. The Bertz CT molecular complexity index is 1170. The first-order chi connectivity index (χ1) is 16.0. The topological polar surface area (TPSA) is 128 Å². The van der Waals surface area contributed by atoms with Crippen molar-refractivity contribution >= 4 is 21.7 Å². The van der Waals surface area contributed by atoms with Crippen LogP contribution in [0, 0.1) is 0 Å². The molecular weight excluding hydrogens is 444 g/mol. The number of rotatable bonds is 10. The molecule has 11 heteroatoms. The highest BCUT2D eigenvalue weighted by Gasteiger charge is 2.36. The van der Waals surface area contributed by atoms with Crippen LogP contribution in [0.25, 0.3) is 11.5 Å². The van der Waals surface area contributed by atoms with Crippen LogP contribution in [0.15, 0.2) is 47.0 Å². The molecule has 176 valence electrons. The zero-order valence-electron chi connectivity index (χ0n) is 18.6. The summed E-state index contributed by atoms with van der Waals surface area (Å²) in [6.07, 6.45) is 4.70. The van der Waals surface area contributed by atoms with Gasteiger partial charge in [-0.1, -0.05) is 6.92 Å². The van der Waals surface area contributed by atoms with Gasteiger partial charge >= 0.3 is 10.2 Å². The van der Waals surface area contributed by atoms with Crippen LogP contribution in [-0.2, 0) is 16.6 Å². The number of benzene rings is 1. The first kappa shape index (κ1) is 23.0. The summed E-state index contributed by atoms with van der Waals surface area (Å²) < 4.78 is 39.9. The fourth-order valence-corrected chi connectivity index (χ4v) is 5.26. The summed E-state index contributed by atoms with van der Waals surface area (Å²) in [4.78, 5) is 3.92. The largest absolute Gasteiger partial charge is 0.494 e. The third-order valence-electron chi connectivity index (χ3n) is 5.40. The Morgan fingerprint density at radius 3 is 2.64 bits per heavy atom. The molecule has 33 heavy (non-hydrogen) atoms. The van der Waals surface area contributed by atoms with Gasteiger partial charge in [0.1, 0.15) is 11.6 Å². The molecule has 3 aromatic rings. The summed E-state index contributed by atoms with van der Waals surface area (Å²) in [5.74, 6) is 2.18. The summed E-state index contributed by atoms with van der Waals surface area (Å²) in [7, 11) is -3.53. The fraction of sp³-hybridized carbons (Fsp3) is 0.409. The van der Waals surface area contributed by atoms with Gasteiger partial charge in [0.05, 0.1) is 12.3 Å².